The molecule has 0 spiro atoms. The smallest absolute Gasteiger partial charge is 0.117 e. The Morgan fingerprint density at radius 3 is 2.56 bits per heavy atom. The summed E-state index contributed by atoms with van der Waals surface area (Å²) in [4.78, 5) is 0. The molecular formula is C6H13ClFN. The van der Waals surface area contributed by atoms with Crippen molar-refractivity contribution < 1.29 is 4.39 Å². The van der Waals surface area contributed by atoms with Gasteiger partial charge in [0.25, 0.3) is 0 Å². The third-order valence-corrected chi connectivity index (χ3v) is 1.70. The molecule has 0 saturated carbocycles. The predicted molar refractivity (Wildman–Crippen MR) is 38.8 cm³/mol. The molecule has 2 unspecified atom stereocenters. The number of hydrogen-bond acceptors (Lipinski definition) is 1. The molecule has 0 amide bonds. The van der Waals surface area contributed by atoms with Crippen LogP contribution in [0, 0.1) is 0 Å². The Hall–Kier alpha value is 0.180. The molecule has 0 aromatic rings. The van der Waals surface area contributed by atoms with E-state index < -0.39 is 6.17 Å². The number of alkyl halides is 1. The normalized spacial score (nSPS) is 34.0. The second kappa shape index (κ2) is 4.07. The quantitative estimate of drug-likeness (QED) is 0.603. The van der Waals surface area contributed by atoms with Gasteiger partial charge in [0.1, 0.15) is 6.17 Å². The fourth-order valence-corrected chi connectivity index (χ4v) is 1.14. The van der Waals surface area contributed by atoms with Gasteiger partial charge in [-0.3, -0.25) is 0 Å². The van der Waals surface area contributed by atoms with E-state index in [9.17, 15) is 4.39 Å². The van der Waals surface area contributed by atoms with E-state index in [-0.39, 0.29) is 18.4 Å². The third-order valence-electron chi connectivity index (χ3n) is 1.70. The van der Waals surface area contributed by atoms with Crippen molar-refractivity contribution in [2.75, 3.05) is 6.54 Å². The highest BCUT2D eigenvalue weighted by molar-refractivity contribution is 5.85. The Bertz CT molecular complexity index is 79.5. The van der Waals surface area contributed by atoms with Crippen LogP contribution in [0.15, 0.2) is 0 Å². The molecular weight excluding hydrogens is 141 g/mol. The maximum atomic E-state index is 12.5. The van der Waals surface area contributed by atoms with Gasteiger partial charge in [0.2, 0.25) is 0 Å². The van der Waals surface area contributed by atoms with E-state index in [1.54, 1.807) is 0 Å². The third kappa shape index (κ3) is 2.11. The van der Waals surface area contributed by atoms with E-state index in [0.29, 0.717) is 6.42 Å². The lowest BCUT2D eigenvalue weighted by Gasteiger charge is -2.07. The summed E-state index contributed by atoms with van der Waals surface area (Å²) >= 11 is 0. The van der Waals surface area contributed by atoms with Gasteiger partial charge in [-0.1, -0.05) is 6.92 Å². The van der Waals surface area contributed by atoms with E-state index >= 15 is 0 Å². The van der Waals surface area contributed by atoms with Crippen molar-refractivity contribution in [3.8, 4) is 0 Å². The van der Waals surface area contributed by atoms with Crippen molar-refractivity contribution in [3.63, 3.8) is 0 Å². The molecule has 1 aliphatic heterocycles. The topological polar surface area (TPSA) is 12.0 Å². The van der Waals surface area contributed by atoms with Gasteiger partial charge in [0.05, 0.1) is 0 Å². The summed E-state index contributed by atoms with van der Waals surface area (Å²) in [6.45, 7) is 2.87. The molecule has 1 N–H and O–H groups in total. The molecule has 0 radical (unpaired) electrons. The van der Waals surface area contributed by atoms with Crippen LogP contribution < -0.4 is 5.32 Å². The number of halogens is 2. The van der Waals surface area contributed by atoms with E-state index in [1.807, 2.05) is 6.92 Å². The van der Waals surface area contributed by atoms with Crippen LogP contribution in [0.4, 0.5) is 4.39 Å². The van der Waals surface area contributed by atoms with Crippen LogP contribution in [0.3, 0.4) is 0 Å². The predicted octanol–water partition coefficient (Wildman–Crippen LogP) is 1.52. The average Bonchev–Trinajstić information content (AvgIpc) is 2.14. The van der Waals surface area contributed by atoms with Crippen LogP contribution in [0.2, 0.25) is 0 Å². The maximum Gasteiger partial charge on any atom is 0.117 e. The molecule has 1 fully saturated rings. The molecule has 2 atom stereocenters. The first kappa shape index (κ1) is 9.18. The molecule has 1 aliphatic rings. The van der Waals surface area contributed by atoms with E-state index in [0.717, 1.165) is 13.0 Å². The zero-order valence-corrected chi connectivity index (χ0v) is 6.38. The monoisotopic (exact) mass is 153 g/mol. The maximum absolute atomic E-state index is 12.5. The van der Waals surface area contributed by atoms with Gasteiger partial charge in [0.15, 0.2) is 0 Å². The lowest BCUT2D eigenvalue weighted by Crippen LogP contribution is -2.26. The molecule has 1 saturated heterocycles. The zero-order chi connectivity index (χ0) is 5.98. The fraction of sp³-hybridized carbons (Fsp3) is 1.00. The molecule has 1 nitrogen and oxygen atoms in total. The SMILES string of the molecule is CCC1NCCC1F.Cl. The average molecular weight is 154 g/mol. The number of rotatable bonds is 1. The van der Waals surface area contributed by atoms with Gasteiger partial charge in [0, 0.05) is 6.04 Å². The Balaban J connectivity index is 0.000000640. The van der Waals surface area contributed by atoms with E-state index in [1.165, 1.54) is 0 Å². The standard InChI is InChI=1S/C6H12FN.ClH/c1-2-6-5(7)3-4-8-6;/h5-6,8H,2-4H2,1H3;1H. The van der Waals surface area contributed by atoms with Crippen LogP contribution >= 0.6 is 12.4 Å². The summed E-state index contributed by atoms with van der Waals surface area (Å²) < 4.78 is 12.5. The minimum atomic E-state index is -0.583. The van der Waals surface area contributed by atoms with Gasteiger partial charge in [-0.05, 0) is 19.4 Å². The minimum Gasteiger partial charge on any atom is -0.311 e. The van der Waals surface area contributed by atoms with Crippen LogP contribution in [0.25, 0.3) is 0 Å². The summed E-state index contributed by atoms with van der Waals surface area (Å²) in [6.07, 6.45) is 1.04. The van der Waals surface area contributed by atoms with Crippen molar-refractivity contribution in [3.05, 3.63) is 0 Å². The Labute approximate surface area is 61.4 Å². The second-order valence-corrected chi connectivity index (χ2v) is 2.27. The van der Waals surface area contributed by atoms with Gasteiger partial charge in [-0.25, -0.2) is 4.39 Å². The summed E-state index contributed by atoms with van der Waals surface area (Å²) in [5, 5.41) is 3.08. The lowest BCUT2D eigenvalue weighted by atomic mass is 10.1. The van der Waals surface area contributed by atoms with Gasteiger partial charge in [-0.2, -0.15) is 0 Å². The summed E-state index contributed by atoms with van der Waals surface area (Å²) in [5.41, 5.74) is 0. The zero-order valence-electron chi connectivity index (χ0n) is 5.56. The van der Waals surface area contributed by atoms with Crippen molar-refractivity contribution in [2.45, 2.75) is 32.0 Å². The van der Waals surface area contributed by atoms with Crippen molar-refractivity contribution in [2.24, 2.45) is 0 Å². The largest absolute Gasteiger partial charge is 0.311 e. The first-order valence-corrected chi connectivity index (χ1v) is 3.22. The molecule has 1 heterocycles. The molecule has 0 aliphatic carbocycles. The van der Waals surface area contributed by atoms with Crippen molar-refractivity contribution in [1.29, 1.82) is 0 Å². The highest BCUT2D eigenvalue weighted by atomic mass is 35.5. The lowest BCUT2D eigenvalue weighted by molar-refractivity contribution is 0.296. The Morgan fingerprint density at radius 2 is 2.33 bits per heavy atom. The molecule has 0 aromatic heterocycles. The number of nitrogens with one attached hydrogen (secondary N) is 1. The van der Waals surface area contributed by atoms with Gasteiger partial charge >= 0.3 is 0 Å². The summed E-state index contributed by atoms with van der Waals surface area (Å²) in [5.74, 6) is 0. The van der Waals surface area contributed by atoms with E-state index in [2.05, 4.69) is 5.32 Å². The molecule has 3 heteroatoms. The highest BCUT2D eigenvalue weighted by Crippen LogP contribution is 2.12. The van der Waals surface area contributed by atoms with Gasteiger partial charge in [-0.15, -0.1) is 12.4 Å². The molecule has 56 valence electrons. The molecule has 0 bridgehead atoms. The molecule has 1 rings (SSSR count). The van der Waals surface area contributed by atoms with Crippen LogP contribution in [-0.4, -0.2) is 18.8 Å². The van der Waals surface area contributed by atoms with Crippen LogP contribution in [0.1, 0.15) is 19.8 Å². The van der Waals surface area contributed by atoms with Crippen LogP contribution in [0.5, 0.6) is 0 Å². The Morgan fingerprint density at radius 1 is 1.67 bits per heavy atom. The first-order valence-electron chi connectivity index (χ1n) is 3.22. The van der Waals surface area contributed by atoms with Crippen molar-refractivity contribution >= 4 is 12.4 Å². The number of hydrogen-bond donors (Lipinski definition) is 1. The first-order chi connectivity index (χ1) is 3.84. The van der Waals surface area contributed by atoms with Gasteiger partial charge < -0.3 is 5.32 Å². The minimum absolute atomic E-state index is 0. The summed E-state index contributed by atoms with van der Waals surface area (Å²) in [6, 6.07) is 0.148. The van der Waals surface area contributed by atoms with Crippen LogP contribution in [-0.2, 0) is 0 Å². The molecule has 9 heavy (non-hydrogen) atoms. The highest BCUT2D eigenvalue weighted by Gasteiger charge is 2.23. The summed E-state index contributed by atoms with van der Waals surface area (Å²) in [7, 11) is 0. The molecule has 0 aromatic carbocycles. The van der Waals surface area contributed by atoms with E-state index in [4.69, 9.17) is 0 Å². The fourth-order valence-electron chi connectivity index (χ4n) is 1.14. The Kier molecular flexibility index (Phi) is 4.15. The van der Waals surface area contributed by atoms with Crippen molar-refractivity contribution in [1.82, 2.24) is 5.32 Å². The second-order valence-electron chi connectivity index (χ2n) is 2.27.